The van der Waals surface area contributed by atoms with Crippen LogP contribution in [0.2, 0.25) is 5.02 Å². The number of aromatic nitrogens is 1. The number of nitrogens with zero attached hydrogens (tertiary/aromatic N) is 1. The van der Waals surface area contributed by atoms with Crippen LogP contribution < -0.4 is 0 Å². The monoisotopic (exact) mass is 301 g/mol. The van der Waals surface area contributed by atoms with Crippen molar-refractivity contribution in [3.8, 4) is 11.5 Å². The highest BCUT2D eigenvalue weighted by atomic mass is 35.5. The van der Waals surface area contributed by atoms with E-state index in [1.54, 1.807) is 6.92 Å². The summed E-state index contributed by atoms with van der Waals surface area (Å²) in [4.78, 5) is 15.5. The molecule has 1 aromatic heterocycles. The third kappa shape index (κ3) is 2.65. The van der Waals surface area contributed by atoms with Gasteiger partial charge in [-0.2, -0.15) is 0 Å². The van der Waals surface area contributed by atoms with E-state index in [1.807, 2.05) is 0 Å². The molecule has 0 aliphatic heterocycles. The summed E-state index contributed by atoms with van der Waals surface area (Å²) in [6, 6.07) is 1.67. The Hall–Kier alpha value is -1.95. The molecule has 106 valence electrons. The zero-order valence-corrected chi connectivity index (χ0v) is 11.4. The largest absolute Gasteiger partial charge is 0.460 e. The molecule has 0 saturated heterocycles. The van der Waals surface area contributed by atoms with Gasteiger partial charge in [0.05, 0.1) is 22.9 Å². The van der Waals surface area contributed by atoms with Crippen molar-refractivity contribution in [2.75, 3.05) is 6.61 Å². The fraction of sp³-hybridized carbons (Fsp3) is 0.231. The van der Waals surface area contributed by atoms with Crippen LogP contribution in [0.1, 0.15) is 23.2 Å². The van der Waals surface area contributed by atoms with Crippen LogP contribution in [0.5, 0.6) is 0 Å². The molecule has 0 N–H and O–H groups in total. The second-order valence-corrected chi connectivity index (χ2v) is 4.31. The lowest BCUT2D eigenvalue weighted by Gasteiger charge is -2.00. The highest BCUT2D eigenvalue weighted by molar-refractivity contribution is 6.30. The van der Waals surface area contributed by atoms with Crippen molar-refractivity contribution in [3.63, 3.8) is 0 Å². The summed E-state index contributed by atoms with van der Waals surface area (Å²) in [7, 11) is 0. The Balaban J connectivity index is 2.47. The van der Waals surface area contributed by atoms with Crippen LogP contribution in [-0.2, 0) is 4.74 Å². The van der Waals surface area contributed by atoms with Crippen LogP contribution in [0.25, 0.3) is 11.5 Å². The van der Waals surface area contributed by atoms with Gasteiger partial charge in [0.1, 0.15) is 11.6 Å². The first kappa shape index (κ1) is 14.5. The predicted octanol–water partition coefficient (Wildman–Crippen LogP) is 3.76. The van der Waals surface area contributed by atoms with Gasteiger partial charge in [-0.05, 0) is 26.0 Å². The summed E-state index contributed by atoms with van der Waals surface area (Å²) < 4.78 is 37.0. The third-order valence-electron chi connectivity index (χ3n) is 2.50. The first-order valence-electron chi connectivity index (χ1n) is 5.73. The lowest BCUT2D eigenvalue weighted by atomic mass is 10.2. The average Bonchev–Trinajstić information content (AvgIpc) is 2.76. The molecule has 2 rings (SSSR count). The molecule has 0 spiro atoms. The molecular formula is C13H10ClF2NO3. The fourth-order valence-electron chi connectivity index (χ4n) is 1.58. The van der Waals surface area contributed by atoms with Gasteiger partial charge in [-0.1, -0.05) is 11.6 Å². The molecule has 1 aromatic carbocycles. The van der Waals surface area contributed by atoms with E-state index in [2.05, 4.69) is 4.98 Å². The standard InChI is InChI=1S/C13H10ClF2NO3/c1-3-19-13(18)11-6(2)17-12(20-11)7-4-10(16)8(14)5-9(7)15/h4-5H,3H2,1-2H3. The summed E-state index contributed by atoms with van der Waals surface area (Å²) in [5.41, 5.74) is 0.0127. The van der Waals surface area contributed by atoms with Crippen LogP contribution in [0, 0.1) is 18.6 Å². The lowest BCUT2D eigenvalue weighted by molar-refractivity contribution is 0.0490. The van der Waals surface area contributed by atoms with E-state index in [9.17, 15) is 13.6 Å². The van der Waals surface area contributed by atoms with Crippen molar-refractivity contribution in [1.29, 1.82) is 0 Å². The fourth-order valence-corrected chi connectivity index (χ4v) is 1.73. The van der Waals surface area contributed by atoms with Gasteiger partial charge >= 0.3 is 5.97 Å². The van der Waals surface area contributed by atoms with Gasteiger partial charge in [0, 0.05) is 0 Å². The van der Waals surface area contributed by atoms with E-state index in [-0.39, 0.29) is 34.5 Å². The third-order valence-corrected chi connectivity index (χ3v) is 2.79. The Morgan fingerprint density at radius 3 is 2.75 bits per heavy atom. The molecule has 0 fully saturated rings. The van der Waals surface area contributed by atoms with Gasteiger partial charge in [0.2, 0.25) is 11.7 Å². The number of ether oxygens (including phenoxy) is 1. The molecule has 1 heterocycles. The molecule has 0 aliphatic carbocycles. The molecule has 20 heavy (non-hydrogen) atoms. The number of benzene rings is 1. The number of hydrogen-bond acceptors (Lipinski definition) is 4. The summed E-state index contributed by atoms with van der Waals surface area (Å²) in [6.45, 7) is 3.31. The maximum Gasteiger partial charge on any atom is 0.376 e. The summed E-state index contributed by atoms with van der Waals surface area (Å²) in [5.74, 6) is -2.67. The van der Waals surface area contributed by atoms with E-state index < -0.39 is 17.6 Å². The molecule has 0 radical (unpaired) electrons. The van der Waals surface area contributed by atoms with Gasteiger partial charge in [-0.3, -0.25) is 0 Å². The van der Waals surface area contributed by atoms with E-state index in [0.717, 1.165) is 12.1 Å². The number of carbonyl (C=O) groups excluding carboxylic acids is 1. The average molecular weight is 302 g/mol. The smallest absolute Gasteiger partial charge is 0.376 e. The normalized spacial score (nSPS) is 10.7. The molecule has 0 bridgehead atoms. The number of hydrogen-bond donors (Lipinski definition) is 0. The summed E-state index contributed by atoms with van der Waals surface area (Å²) >= 11 is 5.46. The molecule has 7 heteroatoms. The number of aryl methyl sites for hydroxylation is 1. The minimum Gasteiger partial charge on any atom is -0.460 e. The molecule has 0 atom stereocenters. The van der Waals surface area contributed by atoms with Crippen molar-refractivity contribution in [3.05, 3.63) is 40.2 Å². The van der Waals surface area contributed by atoms with Gasteiger partial charge in [-0.15, -0.1) is 0 Å². The van der Waals surface area contributed by atoms with Crippen molar-refractivity contribution < 1.29 is 22.7 Å². The van der Waals surface area contributed by atoms with E-state index in [0.29, 0.717) is 0 Å². The lowest BCUT2D eigenvalue weighted by Crippen LogP contribution is -2.04. The number of halogens is 3. The number of esters is 1. The van der Waals surface area contributed by atoms with Crippen LogP contribution in [0.3, 0.4) is 0 Å². The van der Waals surface area contributed by atoms with E-state index >= 15 is 0 Å². The maximum atomic E-state index is 13.7. The molecule has 0 saturated carbocycles. The predicted molar refractivity (Wildman–Crippen MR) is 67.6 cm³/mol. The topological polar surface area (TPSA) is 52.3 Å². The minimum atomic E-state index is -0.809. The van der Waals surface area contributed by atoms with Crippen molar-refractivity contribution >= 4 is 17.6 Å². The Bertz CT molecular complexity index is 670. The first-order chi connectivity index (χ1) is 9.43. The number of rotatable bonds is 3. The molecule has 4 nitrogen and oxygen atoms in total. The van der Waals surface area contributed by atoms with Crippen LogP contribution in [-0.4, -0.2) is 17.6 Å². The first-order valence-corrected chi connectivity index (χ1v) is 6.11. The minimum absolute atomic E-state index is 0.142. The second kappa shape index (κ2) is 5.58. The maximum absolute atomic E-state index is 13.7. The molecule has 0 aliphatic rings. The molecule has 0 unspecified atom stereocenters. The highest BCUT2D eigenvalue weighted by Crippen LogP contribution is 2.28. The van der Waals surface area contributed by atoms with Gasteiger partial charge in [0.25, 0.3) is 0 Å². The zero-order chi connectivity index (χ0) is 14.9. The summed E-state index contributed by atoms with van der Waals surface area (Å²) in [6.07, 6.45) is 0. The van der Waals surface area contributed by atoms with Gasteiger partial charge in [-0.25, -0.2) is 18.6 Å². The van der Waals surface area contributed by atoms with Crippen LogP contribution >= 0.6 is 11.6 Å². The Labute approximate surface area is 118 Å². The molecule has 0 amide bonds. The number of carbonyl (C=O) groups is 1. The molecule has 2 aromatic rings. The van der Waals surface area contributed by atoms with Crippen molar-refractivity contribution in [1.82, 2.24) is 4.98 Å². The zero-order valence-electron chi connectivity index (χ0n) is 10.7. The van der Waals surface area contributed by atoms with Gasteiger partial charge in [0.15, 0.2) is 0 Å². The molecular weight excluding hydrogens is 292 g/mol. The van der Waals surface area contributed by atoms with Crippen molar-refractivity contribution in [2.24, 2.45) is 0 Å². The van der Waals surface area contributed by atoms with Crippen molar-refractivity contribution in [2.45, 2.75) is 13.8 Å². The second-order valence-electron chi connectivity index (χ2n) is 3.90. The summed E-state index contributed by atoms with van der Waals surface area (Å²) in [5, 5.41) is -0.347. The van der Waals surface area contributed by atoms with Gasteiger partial charge < -0.3 is 9.15 Å². The van der Waals surface area contributed by atoms with Crippen LogP contribution in [0.15, 0.2) is 16.5 Å². The quantitative estimate of drug-likeness (QED) is 0.640. The highest BCUT2D eigenvalue weighted by Gasteiger charge is 2.22. The number of oxazole rings is 1. The Morgan fingerprint density at radius 2 is 2.10 bits per heavy atom. The Morgan fingerprint density at radius 1 is 1.40 bits per heavy atom. The Kier molecular flexibility index (Phi) is 4.04. The van der Waals surface area contributed by atoms with E-state index in [4.69, 9.17) is 20.8 Å². The van der Waals surface area contributed by atoms with Crippen LogP contribution in [0.4, 0.5) is 8.78 Å². The SMILES string of the molecule is CCOC(=O)c1oc(-c2cc(F)c(Cl)cc2F)nc1C. The van der Waals surface area contributed by atoms with E-state index in [1.165, 1.54) is 6.92 Å².